The van der Waals surface area contributed by atoms with E-state index in [-0.39, 0.29) is 11.5 Å². The number of nitrogens with zero attached hydrogens (tertiary/aromatic N) is 3. The molecule has 8 nitrogen and oxygen atoms in total. The van der Waals surface area contributed by atoms with Crippen LogP contribution >= 0.6 is 0 Å². The Hall–Kier alpha value is -3.29. The molecule has 0 spiro atoms. The topological polar surface area (TPSA) is 121 Å². The van der Waals surface area contributed by atoms with Crippen molar-refractivity contribution in [2.24, 2.45) is 10.9 Å². The number of pyridine rings is 1. The Morgan fingerprint density at radius 1 is 1.30 bits per heavy atom. The maximum Gasteiger partial charge on any atom is 0.342 e. The minimum atomic E-state index is -0.643. The van der Waals surface area contributed by atoms with E-state index in [0.29, 0.717) is 11.3 Å². The number of non-ortho nitro benzene ring substituents is 1. The molecule has 0 amide bonds. The van der Waals surface area contributed by atoms with Crippen LogP contribution in [0, 0.1) is 10.1 Å². The first-order valence-electron chi connectivity index (χ1n) is 6.69. The van der Waals surface area contributed by atoms with Crippen molar-refractivity contribution in [2.45, 2.75) is 12.8 Å². The van der Waals surface area contributed by atoms with Crippen LogP contribution in [0.25, 0.3) is 0 Å². The Morgan fingerprint density at radius 2 is 2.00 bits per heavy atom. The van der Waals surface area contributed by atoms with Gasteiger partial charge < -0.3 is 10.6 Å². The molecule has 1 aromatic carbocycles. The van der Waals surface area contributed by atoms with Crippen molar-refractivity contribution in [3.8, 4) is 0 Å². The fourth-order valence-corrected chi connectivity index (χ4v) is 1.76. The van der Waals surface area contributed by atoms with Crippen LogP contribution < -0.4 is 5.73 Å². The normalized spacial score (nSPS) is 12.5. The highest BCUT2D eigenvalue weighted by atomic mass is 16.7. The van der Waals surface area contributed by atoms with Gasteiger partial charge in [-0.1, -0.05) is 23.4 Å². The summed E-state index contributed by atoms with van der Waals surface area (Å²) in [6.45, 7) is 1.61. The van der Waals surface area contributed by atoms with Crippen LogP contribution in [-0.2, 0) is 9.63 Å². The molecule has 0 radical (unpaired) electrons. The first-order valence-corrected chi connectivity index (χ1v) is 6.69. The molecule has 0 aliphatic carbocycles. The van der Waals surface area contributed by atoms with Gasteiger partial charge in [0.1, 0.15) is 5.69 Å². The van der Waals surface area contributed by atoms with E-state index >= 15 is 0 Å². The predicted octanol–water partition coefficient (Wildman–Crippen LogP) is 1.96. The Bertz CT molecular complexity index is 729. The van der Waals surface area contributed by atoms with Crippen LogP contribution in [-0.4, -0.2) is 21.7 Å². The highest BCUT2D eigenvalue weighted by molar-refractivity contribution is 5.95. The molecule has 2 rings (SSSR count). The van der Waals surface area contributed by atoms with Crippen LogP contribution in [0.3, 0.4) is 0 Å². The Balaban J connectivity index is 2.04. The van der Waals surface area contributed by atoms with Gasteiger partial charge in [-0.3, -0.25) is 15.1 Å². The standard InChI is InChI=1S/C15H14N4O4/c1-10(11-5-7-12(8-6-11)19(21)22)15(20)23-18-14(16)13-4-2-3-9-17-13/h2-10H,1H3,(H2,16,18)/t10-/m1/s1. The second-order valence-corrected chi connectivity index (χ2v) is 4.67. The van der Waals surface area contributed by atoms with E-state index in [1.54, 1.807) is 31.3 Å². The Morgan fingerprint density at radius 3 is 2.57 bits per heavy atom. The number of rotatable bonds is 5. The van der Waals surface area contributed by atoms with Crippen LogP contribution in [0.2, 0.25) is 0 Å². The van der Waals surface area contributed by atoms with Gasteiger partial charge in [-0.25, -0.2) is 4.79 Å². The molecule has 1 atom stereocenters. The van der Waals surface area contributed by atoms with Gasteiger partial charge in [-0.05, 0) is 24.6 Å². The summed E-state index contributed by atoms with van der Waals surface area (Å²) in [7, 11) is 0. The smallest absolute Gasteiger partial charge is 0.342 e. The van der Waals surface area contributed by atoms with Crippen molar-refractivity contribution in [3.05, 3.63) is 70.0 Å². The van der Waals surface area contributed by atoms with Gasteiger partial charge in [0.15, 0.2) is 5.84 Å². The maximum absolute atomic E-state index is 12.0. The molecule has 23 heavy (non-hydrogen) atoms. The molecule has 2 N–H and O–H groups in total. The molecule has 118 valence electrons. The number of nitro groups is 1. The summed E-state index contributed by atoms with van der Waals surface area (Å²) in [5, 5.41) is 14.2. The number of benzene rings is 1. The SMILES string of the molecule is C[C@@H](C(=O)O/N=C(/N)c1ccccn1)c1ccc([N+](=O)[O-])cc1. The first kappa shape index (κ1) is 16.1. The molecule has 1 heterocycles. The predicted molar refractivity (Wildman–Crippen MR) is 82.6 cm³/mol. The van der Waals surface area contributed by atoms with Crippen LogP contribution in [0.1, 0.15) is 24.1 Å². The molecule has 0 unspecified atom stereocenters. The van der Waals surface area contributed by atoms with E-state index in [9.17, 15) is 14.9 Å². The summed E-state index contributed by atoms with van der Waals surface area (Å²) >= 11 is 0. The molecule has 0 aliphatic heterocycles. The number of hydrogen-bond acceptors (Lipinski definition) is 6. The lowest BCUT2D eigenvalue weighted by Crippen LogP contribution is -2.18. The summed E-state index contributed by atoms with van der Waals surface area (Å²) in [5.41, 5.74) is 6.59. The largest absolute Gasteiger partial charge is 0.379 e. The van der Waals surface area contributed by atoms with E-state index in [1.165, 1.54) is 24.3 Å². The number of oxime groups is 1. The van der Waals surface area contributed by atoms with E-state index in [1.807, 2.05) is 0 Å². The van der Waals surface area contributed by atoms with E-state index in [4.69, 9.17) is 10.6 Å². The number of nitro benzene ring substituents is 1. The number of nitrogens with two attached hydrogens (primary N) is 1. The summed E-state index contributed by atoms with van der Waals surface area (Å²) in [6, 6.07) is 10.7. The minimum Gasteiger partial charge on any atom is -0.379 e. The highest BCUT2D eigenvalue weighted by Gasteiger charge is 2.18. The third kappa shape index (κ3) is 4.10. The van der Waals surface area contributed by atoms with Crippen molar-refractivity contribution < 1.29 is 14.6 Å². The van der Waals surface area contributed by atoms with Gasteiger partial charge in [0.05, 0.1) is 10.8 Å². The van der Waals surface area contributed by atoms with Crippen molar-refractivity contribution >= 4 is 17.5 Å². The molecule has 0 aliphatic rings. The van der Waals surface area contributed by atoms with Gasteiger partial charge in [-0.15, -0.1) is 0 Å². The minimum absolute atomic E-state index is 0.0187. The molecule has 0 saturated heterocycles. The summed E-state index contributed by atoms with van der Waals surface area (Å²) in [5.74, 6) is -1.29. The first-order chi connectivity index (χ1) is 11.0. The average molecular weight is 314 g/mol. The lowest BCUT2D eigenvalue weighted by Gasteiger charge is -2.08. The molecule has 8 heteroatoms. The van der Waals surface area contributed by atoms with Gasteiger partial charge in [0.25, 0.3) is 5.69 Å². The average Bonchev–Trinajstić information content (AvgIpc) is 2.59. The second kappa shape index (κ2) is 7.12. The molecule has 0 saturated carbocycles. The van der Waals surface area contributed by atoms with Crippen LogP contribution in [0.15, 0.2) is 53.8 Å². The highest BCUT2D eigenvalue weighted by Crippen LogP contribution is 2.20. The van der Waals surface area contributed by atoms with Crippen LogP contribution in [0.4, 0.5) is 5.69 Å². The lowest BCUT2D eigenvalue weighted by molar-refractivity contribution is -0.384. The Labute approximate surface area is 131 Å². The molecule has 2 aromatic rings. The molecule has 0 fully saturated rings. The zero-order valence-electron chi connectivity index (χ0n) is 12.2. The van der Waals surface area contributed by atoms with Gasteiger partial charge in [0.2, 0.25) is 0 Å². The zero-order chi connectivity index (χ0) is 16.8. The fourth-order valence-electron chi connectivity index (χ4n) is 1.76. The van der Waals surface area contributed by atoms with Gasteiger partial charge in [0, 0.05) is 18.3 Å². The molecule has 0 bridgehead atoms. The number of amidine groups is 1. The second-order valence-electron chi connectivity index (χ2n) is 4.67. The molecular weight excluding hydrogens is 300 g/mol. The quantitative estimate of drug-likeness (QED) is 0.296. The van der Waals surface area contributed by atoms with E-state index in [2.05, 4.69) is 10.1 Å². The van der Waals surface area contributed by atoms with Crippen molar-refractivity contribution in [1.29, 1.82) is 0 Å². The summed E-state index contributed by atoms with van der Waals surface area (Å²) in [6.07, 6.45) is 1.54. The molecule has 1 aromatic heterocycles. The van der Waals surface area contributed by atoms with Crippen molar-refractivity contribution in [2.75, 3.05) is 0 Å². The summed E-state index contributed by atoms with van der Waals surface area (Å²) < 4.78 is 0. The monoisotopic (exact) mass is 314 g/mol. The van der Waals surface area contributed by atoms with E-state index in [0.717, 1.165) is 0 Å². The fraction of sp³-hybridized carbons (Fsp3) is 0.133. The number of hydrogen-bond donors (Lipinski definition) is 1. The zero-order valence-corrected chi connectivity index (χ0v) is 12.2. The number of aromatic nitrogens is 1. The maximum atomic E-state index is 12.0. The van der Waals surface area contributed by atoms with E-state index < -0.39 is 16.8 Å². The van der Waals surface area contributed by atoms with Gasteiger partial charge >= 0.3 is 5.97 Å². The Kier molecular flexibility index (Phi) is 4.98. The number of carbonyl (C=O) groups is 1. The van der Waals surface area contributed by atoms with Crippen molar-refractivity contribution in [1.82, 2.24) is 4.98 Å². The lowest BCUT2D eigenvalue weighted by atomic mass is 10.0. The van der Waals surface area contributed by atoms with Crippen molar-refractivity contribution in [3.63, 3.8) is 0 Å². The third-order valence-corrected chi connectivity index (χ3v) is 3.12. The molecular formula is C15H14N4O4. The third-order valence-electron chi connectivity index (χ3n) is 3.12. The van der Waals surface area contributed by atoms with Gasteiger partial charge in [-0.2, -0.15) is 0 Å². The summed E-state index contributed by atoms with van der Waals surface area (Å²) in [4.78, 5) is 30.8. The number of carbonyl (C=O) groups excluding carboxylic acids is 1. The van der Waals surface area contributed by atoms with Crippen LogP contribution in [0.5, 0.6) is 0 Å².